The minimum atomic E-state index is -0.757. The summed E-state index contributed by atoms with van der Waals surface area (Å²) in [6.07, 6.45) is 3.25. The van der Waals surface area contributed by atoms with Crippen LogP contribution in [-0.4, -0.2) is 54.4 Å². The topological polar surface area (TPSA) is 45.1 Å². The smallest absolute Gasteiger partial charge is 0.275 e. The second-order valence-corrected chi connectivity index (χ2v) is 5.25. The minimum absolute atomic E-state index is 0.0855. The first kappa shape index (κ1) is 13.6. The molecule has 0 aromatic rings. The highest BCUT2D eigenvalue weighted by molar-refractivity contribution is 6.25. The van der Waals surface area contributed by atoms with Crippen LogP contribution in [0.25, 0.3) is 0 Å². The van der Waals surface area contributed by atoms with Gasteiger partial charge in [-0.05, 0) is 26.0 Å². The number of carbonyl (C=O) groups is 1. The van der Waals surface area contributed by atoms with E-state index in [2.05, 4.69) is 18.9 Å². The number of alkyl halides is 1. The Bertz CT molecular complexity index is 494. The predicted octanol–water partition coefficient (Wildman–Crippen LogP) is 1.29. The van der Waals surface area contributed by atoms with Crippen LogP contribution in [-0.2, 0) is 9.53 Å². The Hall–Kier alpha value is -1.85. The second-order valence-electron chi connectivity index (χ2n) is 5.25. The molecule has 0 radical (unpaired) electrons. The number of amides is 1. The summed E-state index contributed by atoms with van der Waals surface area (Å²) >= 11 is 0. The van der Waals surface area contributed by atoms with Crippen molar-refractivity contribution in [1.82, 2.24) is 9.91 Å². The molecule has 1 saturated heterocycles. The van der Waals surface area contributed by atoms with E-state index in [1.807, 2.05) is 11.9 Å². The molecular formula is C13H18FN3O2. The molecule has 0 bridgehead atoms. The van der Waals surface area contributed by atoms with Crippen LogP contribution in [0.15, 0.2) is 28.7 Å². The van der Waals surface area contributed by atoms with E-state index in [4.69, 9.17) is 4.74 Å². The van der Waals surface area contributed by atoms with Crippen molar-refractivity contribution in [2.75, 3.05) is 27.4 Å². The molecule has 0 N–H and O–H groups in total. The third-order valence-corrected chi connectivity index (χ3v) is 3.44. The monoisotopic (exact) mass is 267 g/mol. The maximum atomic E-state index is 12.8. The lowest BCUT2D eigenvalue weighted by molar-refractivity contribution is -0.124. The quantitative estimate of drug-likeness (QED) is 0.708. The molecule has 6 heteroatoms. The van der Waals surface area contributed by atoms with Crippen molar-refractivity contribution in [1.29, 1.82) is 0 Å². The fourth-order valence-electron chi connectivity index (χ4n) is 1.90. The number of hydrazone groups is 1. The number of ether oxygens (including phenoxy) is 1. The molecule has 2 aliphatic rings. The summed E-state index contributed by atoms with van der Waals surface area (Å²) in [6, 6.07) is 0. The summed E-state index contributed by atoms with van der Waals surface area (Å²) in [5.74, 6) is 0.363. The lowest BCUT2D eigenvalue weighted by Crippen LogP contribution is -2.36. The standard InChI is InChI=1S/C13H18FN3O2/c1-13(2)8-19-11(16(13)3)6-5-9-10(7-14)15-17(4)12(9)18/h5-6H,7-8H2,1-4H3/b9-5+,11-6+. The molecule has 2 aliphatic heterocycles. The van der Waals surface area contributed by atoms with E-state index in [0.717, 1.165) is 5.01 Å². The zero-order valence-corrected chi connectivity index (χ0v) is 11.6. The predicted molar refractivity (Wildman–Crippen MR) is 70.1 cm³/mol. The van der Waals surface area contributed by atoms with Gasteiger partial charge in [-0.25, -0.2) is 9.40 Å². The number of hydrogen-bond acceptors (Lipinski definition) is 4. The van der Waals surface area contributed by atoms with E-state index in [9.17, 15) is 9.18 Å². The van der Waals surface area contributed by atoms with Crippen molar-refractivity contribution in [3.05, 3.63) is 23.6 Å². The van der Waals surface area contributed by atoms with Gasteiger partial charge in [0.25, 0.3) is 5.91 Å². The zero-order chi connectivity index (χ0) is 14.2. The van der Waals surface area contributed by atoms with Crippen molar-refractivity contribution in [3.8, 4) is 0 Å². The fourth-order valence-corrected chi connectivity index (χ4v) is 1.90. The number of hydrogen-bond donors (Lipinski definition) is 0. The molecule has 0 aromatic carbocycles. The van der Waals surface area contributed by atoms with Crippen LogP contribution in [0.3, 0.4) is 0 Å². The van der Waals surface area contributed by atoms with Gasteiger partial charge in [0, 0.05) is 14.1 Å². The molecule has 19 heavy (non-hydrogen) atoms. The molecule has 0 unspecified atom stereocenters. The summed E-state index contributed by atoms with van der Waals surface area (Å²) in [7, 11) is 3.43. The molecule has 0 aromatic heterocycles. The molecule has 2 heterocycles. The zero-order valence-electron chi connectivity index (χ0n) is 11.6. The van der Waals surface area contributed by atoms with Crippen molar-refractivity contribution < 1.29 is 13.9 Å². The fraction of sp³-hybridized carbons (Fsp3) is 0.538. The van der Waals surface area contributed by atoms with E-state index < -0.39 is 6.67 Å². The van der Waals surface area contributed by atoms with Crippen molar-refractivity contribution in [3.63, 3.8) is 0 Å². The van der Waals surface area contributed by atoms with Crippen LogP contribution < -0.4 is 0 Å². The average Bonchev–Trinajstić information content (AvgIpc) is 2.78. The highest BCUT2D eigenvalue weighted by Gasteiger charge is 2.34. The van der Waals surface area contributed by atoms with Gasteiger partial charge in [0.15, 0.2) is 5.88 Å². The Morgan fingerprint density at radius 3 is 2.63 bits per heavy atom. The van der Waals surface area contributed by atoms with Gasteiger partial charge in [-0.2, -0.15) is 5.10 Å². The normalized spacial score (nSPS) is 26.4. The lowest BCUT2D eigenvalue weighted by Gasteiger charge is -2.25. The maximum absolute atomic E-state index is 12.8. The molecule has 0 spiro atoms. The first-order valence-electron chi connectivity index (χ1n) is 6.07. The number of carbonyl (C=O) groups excluding carboxylic acids is 1. The van der Waals surface area contributed by atoms with Gasteiger partial charge in [-0.3, -0.25) is 4.79 Å². The van der Waals surface area contributed by atoms with Crippen LogP contribution in [0.5, 0.6) is 0 Å². The van der Waals surface area contributed by atoms with Crippen LogP contribution in [0.2, 0.25) is 0 Å². The SMILES string of the molecule is CN1N=C(CF)/C(=C\C=C2\OCC(C)(C)N2C)C1=O. The van der Waals surface area contributed by atoms with Gasteiger partial charge in [-0.15, -0.1) is 0 Å². The van der Waals surface area contributed by atoms with E-state index in [1.54, 1.807) is 12.2 Å². The first-order valence-corrected chi connectivity index (χ1v) is 6.07. The number of halogens is 1. The second kappa shape index (κ2) is 4.68. The summed E-state index contributed by atoms with van der Waals surface area (Å²) in [5, 5.41) is 4.98. The van der Waals surface area contributed by atoms with Gasteiger partial charge in [0.05, 0.1) is 11.1 Å². The molecule has 2 rings (SSSR count). The van der Waals surface area contributed by atoms with Gasteiger partial charge in [0.2, 0.25) is 0 Å². The van der Waals surface area contributed by atoms with Crippen molar-refractivity contribution >= 4 is 11.6 Å². The first-order chi connectivity index (χ1) is 8.86. The average molecular weight is 267 g/mol. The summed E-state index contributed by atoms with van der Waals surface area (Å²) in [6.45, 7) is 3.94. The van der Waals surface area contributed by atoms with Crippen LogP contribution in [0.4, 0.5) is 4.39 Å². The van der Waals surface area contributed by atoms with Crippen LogP contribution >= 0.6 is 0 Å². The van der Waals surface area contributed by atoms with Crippen molar-refractivity contribution in [2.45, 2.75) is 19.4 Å². The Morgan fingerprint density at radius 2 is 2.11 bits per heavy atom. The Kier molecular flexibility index (Phi) is 3.34. The molecule has 0 aliphatic carbocycles. The van der Waals surface area contributed by atoms with E-state index >= 15 is 0 Å². The molecular weight excluding hydrogens is 249 g/mol. The Balaban J connectivity index is 2.24. The van der Waals surface area contributed by atoms with Gasteiger partial charge in [0.1, 0.15) is 19.0 Å². The van der Waals surface area contributed by atoms with Crippen molar-refractivity contribution in [2.24, 2.45) is 5.10 Å². The molecule has 0 atom stereocenters. The van der Waals surface area contributed by atoms with E-state index in [0.29, 0.717) is 12.5 Å². The minimum Gasteiger partial charge on any atom is -0.477 e. The molecule has 1 amide bonds. The van der Waals surface area contributed by atoms with E-state index in [1.165, 1.54) is 7.05 Å². The number of nitrogens with zero attached hydrogens (tertiary/aromatic N) is 3. The third kappa shape index (κ3) is 2.34. The molecule has 5 nitrogen and oxygen atoms in total. The van der Waals surface area contributed by atoms with E-state index in [-0.39, 0.29) is 22.7 Å². The summed E-state index contributed by atoms with van der Waals surface area (Å²) in [4.78, 5) is 13.8. The van der Waals surface area contributed by atoms with Crippen LogP contribution in [0.1, 0.15) is 13.8 Å². The number of allylic oxidation sites excluding steroid dienone is 2. The lowest BCUT2D eigenvalue weighted by atomic mass is 10.1. The molecule has 1 fully saturated rings. The summed E-state index contributed by atoms with van der Waals surface area (Å²) in [5.41, 5.74) is 0.348. The summed E-state index contributed by atoms with van der Waals surface area (Å²) < 4.78 is 18.3. The van der Waals surface area contributed by atoms with Gasteiger partial charge in [-0.1, -0.05) is 0 Å². The van der Waals surface area contributed by atoms with Crippen LogP contribution in [0, 0.1) is 0 Å². The molecule has 0 saturated carbocycles. The highest BCUT2D eigenvalue weighted by atomic mass is 19.1. The maximum Gasteiger partial charge on any atom is 0.275 e. The number of likely N-dealkylation sites (N-methyl/N-ethyl adjacent to an activating group) is 2. The van der Waals surface area contributed by atoms with Gasteiger partial charge < -0.3 is 9.64 Å². The number of rotatable bonds is 2. The molecule has 104 valence electrons. The third-order valence-electron chi connectivity index (χ3n) is 3.44. The highest BCUT2D eigenvalue weighted by Crippen LogP contribution is 2.27. The Labute approximate surface area is 112 Å². The largest absolute Gasteiger partial charge is 0.477 e. The Morgan fingerprint density at radius 1 is 1.42 bits per heavy atom. The van der Waals surface area contributed by atoms with Gasteiger partial charge >= 0.3 is 0 Å².